The van der Waals surface area contributed by atoms with Crippen LogP contribution >= 0.6 is 0 Å². The zero-order chi connectivity index (χ0) is 21.2. The van der Waals surface area contributed by atoms with Crippen LogP contribution < -0.4 is 30.4 Å². The Morgan fingerprint density at radius 2 is 1.55 bits per heavy atom. The summed E-state index contributed by atoms with van der Waals surface area (Å²) >= 11 is 0. The van der Waals surface area contributed by atoms with E-state index in [-0.39, 0.29) is 5.91 Å². The molecule has 0 aliphatic heterocycles. The van der Waals surface area contributed by atoms with Gasteiger partial charge in [-0.1, -0.05) is 0 Å². The minimum Gasteiger partial charge on any atom is -0.497 e. The Morgan fingerprint density at radius 1 is 0.931 bits per heavy atom. The summed E-state index contributed by atoms with van der Waals surface area (Å²) in [6.45, 7) is 4.14. The SMILES string of the molecule is CCOc1ccc(NC(=O)C=C(C)NNC(=O)c2cc(OC)cc(OC)c2)cc1. The molecule has 8 nitrogen and oxygen atoms in total. The van der Waals surface area contributed by atoms with Crippen LogP contribution in [0.1, 0.15) is 24.2 Å². The standard InChI is InChI=1S/C21H25N3O5/c1-5-29-17-8-6-16(7-9-17)22-20(25)10-14(2)23-24-21(26)15-11-18(27-3)13-19(12-15)28-4/h6-13,23H,5H2,1-4H3,(H,22,25)(H,24,26). The lowest BCUT2D eigenvalue weighted by Gasteiger charge is -2.11. The molecule has 154 valence electrons. The largest absolute Gasteiger partial charge is 0.497 e. The maximum atomic E-state index is 12.3. The molecular formula is C21H25N3O5. The van der Waals surface area contributed by atoms with Crippen molar-refractivity contribution < 1.29 is 23.8 Å². The van der Waals surface area contributed by atoms with E-state index in [0.717, 1.165) is 5.75 Å². The predicted octanol–water partition coefficient (Wildman–Crippen LogP) is 2.88. The molecule has 0 bridgehead atoms. The number of hydrazine groups is 1. The monoisotopic (exact) mass is 399 g/mol. The molecule has 0 aliphatic rings. The molecule has 0 unspecified atom stereocenters. The normalized spacial score (nSPS) is 10.7. The lowest BCUT2D eigenvalue weighted by atomic mass is 10.2. The van der Waals surface area contributed by atoms with E-state index in [4.69, 9.17) is 14.2 Å². The molecule has 8 heteroatoms. The van der Waals surface area contributed by atoms with Crippen LogP contribution in [0.15, 0.2) is 54.2 Å². The van der Waals surface area contributed by atoms with Crippen LogP contribution in [0.4, 0.5) is 5.69 Å². The zero-order valence-corrected chi connectivity index (χ0v) is 16.9. The Labute approximate surface area is 169 Å². The van der Waals surface area contributed by atoms with E-state index < -0.39 is 5.91 Å². The molecule has 0 fully saturated rings. The number of allylic oxidation sites excluding steroid dienone is 1. The van der Waals surface area contributed by atoms with Crippen molar-refractivity contribution >= 4 is 17.5 Å². The predicted molar refractivity (Wildman–Crippen MR) is 110 cm³/mol. The van der Waals surface area contributed by atoms with E-state index >= 15 is 0 Å². The zero-order valence-electron chi connectivity index (χ0n) is 16.9. The van der Waals surface area contributed by atoms with Crippen molar-refractivity contribution in [3.05, 3.63) is 59.8 Å². The fourth-order valence-corrected chi connectivity index (χ4v) is 2.38. The first-order valence-electron chi connectivity index (χ1n) is 8.96. The molecule has 0 aromatic heterocycles. The lowest BCUT2D eigenvalue weighted by molar-refractivity contribution is -0.112. The van der Waals surface area contributed by atoms with Gasteiger partial charge < -0.3 is 25.0 Å². The number of nitrogens with one attached hydrogen (secondary N) is 3. The number of carbonyl (C=O) groups excluding carboxylic acids is 2. The number of carbonyl (C=O) groups is 2. The highest BCUT2D eigenvalue weighted by molar-refractivity contribution is 5.99. The third-order valence-corrected chi connectivity index (χ3v) is 3.77. The molecule has 2 amide bonds. The van der Waals surface area contributed by atoms with Crippen LogP contribution in [0.3, 0.4) is 0 Å². The molecule has 29 heavy (non-hydrogen) atoms. The highest BCUT2D eigenvalue weighted by atomic mass is 16.5. The summed E-state index contributed by atoms with van der Waals surface area (Å²) in [7, 11) is 3.01. The van der Waals surface area contributed by atoms with Crippen molar-refractivity contribution in [2.75, 3.05) is 26.1 Å². The van der Waals surface area contributed by atoms with Gasteiger partial charge in [0.1, 0.15) is 17.2 Å². The van der Waals surface area contributed by atoms with E-state index in [1.54, 1.807) is 49.4 Å². The number of ether oxygens (including phenoxy) is 3. The number of amides is 2. The molecule has 3 N–H and O–H groups in total. The van der Waals surface area contributed by atoms with Gasteiger partial charge in [-0.3, -0.25) is 15.0 Å². The van der Waals surface area contributed by atoms with Crippen LogP contribution in [-0.4, -0.2) is 32.6 Å². The third kappa shape index (κ3) is 6.76. The molecule has 0 saturated carbocycles. The number of hydrogen-bond acceptors (Lipinski definition) is 6. The molecule has 0 radical (unpaired) electrons. The van der Waals surface area contributed by atoms with Crippen molar-refractivity contribution in [3.8, 4) is 17.2 Å². The maximum absolute atomic E-state index is 12.3. The second-order valence-electron chi connectivity index (χ2n) is 5.95. The molecule has 2 aromatic carbocycles. The molecule has 0 spiro atoms. The van der Waals surface area contributed by atoms with E-state index in [9.17, 15) is 9.59 Å². The first kappa shape index (κ1) is 21.6. The van der Waals surface area contributed by atoms with Gasteiger partial charge in [-0.25, -0.2) is 0 Å². The Hall–Kier alpha value is -3.68. The first-order valence-corrected chi connectivity index (χ1v) is 8.96. The summed E-state index contributed by atoms with van der Waals surface area (Å²) in [4.78, 5) is 24.4. The van der Waals surface area contributed by atoms with Gasteiger partial charge in [0.2, 0.25) is 5.91 Å². The van der Waals surface area contributed by atoms with Crippen molar-refractivity contribution in [1.29, 1.82) is 0 Å². The Bertz CT molecular complexity index is 856. The van der Waals surface area contributed by atoms with Crippen molar-refractivity contribution in [3.63, 3.8) is 0 Å². The molecule has 0 atom stereocenters. The maximum Gasteiger partial charge on any atom is 0.269 e. The summed E-state index contributed by atoms with van der Waals surface area (Å²) in [5.74, 6) is 0.988. The average molecular weight is 399 g/mol. The van der Waals surface area contributed by atoms with Gasteiger partial charge in [-0.05, 0) is 50.2 Å². The second-order valence-corrected chi connectivity index (χ2v) is 5.95. The van der Waals surface area contributed by atoms with E-state index in [1.807, 2.05) is 6.92 Å². The van der Waals surface area contributed by atoms with Gasteiger partial charge in [0, 0.05) is 29.1 Å². The van der Waals surface area contributed by atoms with E-state index in [2.05, 4.69) is 16.2 Å². The summed E-state index contributed by atoms with van der Waals surface area (Å²) in [6.07, 6.45) is 1.34. The van der Waals surface area contributed by atoms with Crippen LogP contribution in [0.5, 0.6) is 17.2 Å². The Kier molecular flexibility index (Phi) is 7.90. The average Bonchev–Trinajstić information content (AvgIpc) is 2.73. The molecular weight excluding hydrogens is 374 g/mol. The molecule has 0 aliphatic carbocycles. The second kappa shape index (κ2) is 10.6. The van der Waals surface area contributed by atoms with Crippen LogP contribution in [-0.2, 0) is 4.79 Å². The molecule has 0 heterocycles. The van der Waals surface area contributed by atoms with E-state index in [0.29, 0.717) is 35.1 Å². The topological polar surface area (TPSA) is 97.9 Å². The van der Waals surface area contributed by atoms with Gasteiger partial charge >= 0.3 is 0 Å². The van der Waals surface area contributed by atoms with Crippen molar-refractivity contribution in [2.24, 2.45) is 0 Å². The van der Waals surface area contributed by atoms with Crippen LogP contribution in [0.2, 0.25) is 0 Å². The number of anilines is 1. The minimum absolute atomic E-state index is 0.337. The quantitative estimate of drug-likeness (QED) is 0.443. The third-order valence-electron chi connectivity index (χ3n) is 3.77. The van der Waals surface area contributed by atoms with Crippen molar-refractivity contribution in [2.45, 2.75) is 13.8 Å². The number of rotatable bonds is 9. The van der Waals surface area contributed by atoms with Gasteiger partial charge in [0.25, 0.3) is 5.91 Å². The fraction of sp³-hybridized carbons (Fsp3) is 0.238. The Balaban J connectivity index is 1.92. The van der Waals surface area contributed by atoms with Crippen LogP contribution in [0.25, 0.3) is 0 Å². The number of benzene rings is 2. The number of hydrogen-bond donors (Lipinski definition) is 3. The summed E-state index contributed by atoms with van der Waals surface area (Å²) < 4.78 is 15.7. The van der Waals surface area contributed by atoms with Gasteiger partial charge in [0.05, 0.1) is 20.8 Å². The summed E-state index contributed by atoms with van der Waals surface area (Å²) in [5.41, 5.74) is 6.66. The molecule has 2 rings (SSSR count). The summed E-state index contributed by atoms with van der Waals surface area (Å²) in [5, 5.41) is 2.73. The van der Waals surface area contributed by atoms with Gasteiger partial charge in [-0.15, -0.1) is 0 Å². The van der Waals surface area contributed by atoms with Gasteiger partial charge in [-0.2, -0.15) is 0 Å². The smallest absolute Gasteiger partial charge is 0.269 e. The molecule has 2 aromatic rings. The van der Waals surface area contributed by atoms with Crippen molar-refractivity contribution in [1.82, 2.24) is 10.9 Å². The highest BCUT2D eigenvalue weighted by Gasteiger charge is 2.10. The van der Waals surface area contributed by atoms with Gasteiger partial charge in [0.15, 0.2) is 0 Å². The minimum atomic E-state index is -0.401. The Morgan fingerprint density at radius 3 is 2.10 bits per heavy atom. The molecule has 0 saturated heterocycles. The van der Waals surface area contributed by atoms with E-state index in [1.165, 1.54) is 20.3 Å². The fourth-order valence-electron chi connectivity index (χ4n) is 2.38. The number of methoxy groups -OCH3 is 2. The van der Waals surface area contributed by atoms with Crippen LogP contribution in [0, 0.1) is 0 Å². The summed E-state index contributed by atoms with van der Waals surface area (Å²) in [6, 6.07) is 11.9. The first-order chi connectivity index (χ1) is 13.9. The highest BCUT2D eigenvalue weighted by Crippen LogP contribution is 2.22. The lowest BCUT2D eigenvalue weighted by Crippen LogP contribution is -2.36.